The van der Waals surface area contributed by atoms with Crippen molar-refractivity contribution in [3.8, 4) is 5.75 Å². The second-order valence-electron chi connectivity index (χ2n) is 6.67. The van der Waals surface area contributed by atoms with Crippen LogP contribution in [0.25, 0.3) is 0 Å². The second kappa shape index (κ2) is 9.15. The summed E-state index contributed by atoms with van der Waals surface area (Å²) in [5, 5.41) is 10.0. The summed E-state index contributed by atoms with van der Waals surface area (Å²) in [6, 6.07) is 10.7. The van der Waals surface area contributed by atoms with Gasteiger partial charge in [0.25, 0.3) is 0 Å². The number of pyridine rings is 1. The molecule has 1 aromatic heterocycles. The van der Waals surface area contributed by atoms with E-state index in [-0.39, 0.29) is 26.6 Å². The van der Waals surface area contributed by atoms with Gasteiger partial charge in [-0.3, -0.25) is 4.98 Å². The highest BCUT2D eigenvalue weighted by molar-refractivity contribution is 7.91. The molecule has 0 aliphatic carbocycles. The van der Waals surface area contributed by atoms with Crippen molar-refractivity contribution in [2.75, 3.05) is 20.0 Å². The van der Waals surface area contributed by atoms with Gasteiger partial charge in [0, 0.05) is 30.1 Å². The van der Waals surface area contributed by atoms with Crippen molar-refractivity contribution in [2.24, 2.45) is 0 Å². The Morgan fingerprint density at radius 3 is 2.42 bits per heavy atom. The fraction of sp³-hybridized carbons (Fsp3) is 0.182. The number of aliphatic hydroxyl groups excluding tert-OH is 1. The molecule has 1 heterocycles. The molecule has 9 heteroatoms. The first-order valence-corrected chi connectivity index (χ1v) is 10.7. The van der Waals surface area contributed by atoms with Gasteiger partial charge in [-0.1, -0.05) is 6.07 Å². The number of hydrogen-bond acceptors (Lipinski definition) is 8. The zero-order chi connectivity index (χ0) is 22.6. The van der Waals surface area contributed by atoms with E-state index in [9.17, 15) is 18.3 Å². The van der Waals surface area contributed by atoms with Crippen LogP contribution in [-0.2, 0) is 27.6 Å². The molecule has 0 aliphatic heterocycles. The number of esters is 1. The van der Waals surface area contributed by atoms with Gasteiger partial charge < -0.3 is 20.3 Å². The van der Waals surface area contributed by atoms with Crippen molar-refractivity contribution < 1.29 is 27.8 Å². The third kappa shape index (κ3) is 4.37. The van der Waals surface area contributed by atoms with E-state index < -0.39 is 22.4 Å². The number of anilines is 1. The lowest BCUT2D eigenvalue weighted by Crippen LogP contribution is -2.17. The van der Waals surface area contributed by atoms with Gasteiger partial charge in [-0.15, -0.1) is 0 Å². The van der Waals surface area contributed by atoms with Crippen LogP contribution < -0.4 is 10.5 Å². The standard InChI is InChI=1S/C22H22N2O6S/c1-29-16-5-7-17(8-6-16)31(27,28)21-18(22(26)30-2)11-15(20(23)19(21)13-25)10-14-4-3-9-24-12-14/h3-9,11-12,25H,10,13,23H2,1-2H3. The molecule has 3 rings (SSSR count). The van der Waals surface area contributed by atoms with Crippen LogP contribution >= 0.6 is 0 Å². The number of ether oxygens (including phenoxy) is 2. The Kier molecular flexibility index (Phi) is 6.57. The Morgan fingerprint density at radius 1 is 1.16 bits per heavy atom. The number of methoxy groups -OCH3 is 2. The van der Waals surface area contributed by atoms with E-state index >= 15 is 0 Å². The predicted molar refractivity (Wildman–Crippen MR) is 114 cm³/mol. The second-order valence-corrected chi connectivity index (χ2v) is 8.56. The van der Waals surface area contributed by atoms with Gasteiger partial charge in [-0.05, 0) is 47.5 Å². The Hall–Kier alpha value is -3.43. The predicted octanol–water partition coefficient (Wildman–Crippen LogP) is 2.37. The smallest absolute Gasteiger partial charge is 0.339 e. The average Bonchev–Trinajstić information content (AvgIpc) is 2.80. The van der Waals surface area contributed by atoms with Crippen molar-refractivity contribution in [3.05, 3.63) is 77.1 Å². The molecule has 0 fully saturated rings. The summed E-state index contributed by atoms with van der Waals surface area (Å²) in [6.07, 6.45) is 3.55. The van der Waals surface area contributed by atoms with Crippen LogP contribution in [0.4, 0.5) is 5.69 Å². The van der Waals surface area contributed by atoms with Gasteiger partial charge in [0.15, 0.2) is 0 Å². The molecule has 8 nitrogen and oxygen atoms in total. The highest BCUT2D eigenvalue weighted by Gasteiger charge is 2.31. The topological polar surface area (TPSA) is 129 Å². The van der Waals surface area contributed by atoms with E-state index in [4.69, 9.17) is 15.2 Å². The van der Waals surface area contributed by atoms with Crippen molar-refractivity contribution in [2.45, 2.75) is 22.8 Å². The lowest BCUT2D eigenvalue weighted by atomic mass is 9.98. The van der Waals surface area contributed by atoms with Crippen LogP contribution in [0.1, 0.15) is 27.0 Å². The molecule has 0 bridgehead atoms. The zero-order valence-corrected chi connectivity index (χ0v) is 17.8. The molecule has 162 valence electrons. The van der Waals surface area contributed by atoms with E-state index in [0.29, 0.717) is 17.7 Å². The SMILES string of the molecule is COC(=O)c1cc(Cc2cccnc2)c(N)c(CO)c1S(=O)(=O)c1ccc(OC)cc1. The molecule has 0 aliphatic rings. The molecule has 0 atom stereocenters. The van der Waals surface area contributed by atoms with Crippen LogP contribution in [0.3, 0.4) is 0 Å². The molecule has 2 aromatic carbocycles. The largest absolute Gasteiger partial charge is 0.497 e. The summed E-state index contributed by atoms with van der Waals surface area (Å²) in [4.78, 5) is 16.2. The van der Waals surface area contributed by atoms with Crippen LogP contribution in [0.2, 0.25) is 0 Å². The summed E-state index contributed by atoms with van der Waals surface area (Å²) in [5.41, 5.74) is 7.37. The fourth-order valence-corrected chi connectivity index (χ4v) is 4.92. The molecule has 0 unspecified atom stereocenters. The minimum atomic E-state index is -4.21. The number of carbonyl (C=O) groups is 1. The first-order chi connectivity index (χ1) is 14.8. The number of aliphatic hydroxyl groups is 1. The lowest BCUT2D eigenvalue weighted by Gasteiger charge is -2.19. The number of nitrogen functional groups attached to an aromatic ring is 1. The van der Waals surface area contributed by atoms with Crippen molar-refractivity contribution in [1.82, 2.24) is 4.98 Å². The van der Waals surface area contributed by atoms with Crippen LogP contribution in [0.15, 0.2) is 64.6 Å². The quantitative estimate of drug-likeness (QED) is 0.421. The first-order valence-electron chi connectivity index (χ1n) is 9.25. The van der Waals surface area contributed by atoms with Gasteiger partial charge in [0.1, 0.15) is 5.75 Å². The summed E-state index contributed by atoms with van der Waals surface area (Å²) < 4.78 is 36.8. The number of nitrogens with zero attached hydrogens (tertiary/aromatic N) is 1. The van der Waals surface area contributed by atoms with Crippen molar-refractivity contribution in [1.29, 1.82) is 0 Å². The Labute approximate surface area is 180 Å². The first kappa shape index (κ1) is 22.3. The summed E-state index contributed by atoms with van der Waals surface area (Å²) in [6.45, 7) is -0.679. The maximum Gasteiger partial charge on any atom is 0.339 e. The molecule has 3 aromatic rings. The number of rotatable bonds is 7. The summed E-state index contributed by atoms with van der Waals surface area (Å²) in [5.74, 6) is -0.380. The van der Waals surface area contributed by atoms with Gasteiger partial charge in [0.05, 0.1) is 36.2 Å². The van der Waals surface area contributed by atoms with Gasteiger partial charge in [-0.25, -0.2) is 13.2 Å². The molecular formula is C22H22N2O6S. The highest BCUT2D eigenvalue weighted by atomic mass is 32.2. The number of nitrogens with two attached hydrogens (primary N) is 1. The van der Waals surface area contributed by atoms with E-state index in [1.54, 1.807) is 18.5 Å². The third-order valence-electron chi connectivity index (χ3n) is 4.83. The molecule has 0 saturated carbocycles. The van der Waals surface area contributed by atoms with Crippen molar-refractivity contribution >= 4 is 21.5 Å². The fourth-order valence-electron chi connectivity index (χ4n) is 3.26. The molecular weight excluding hydrogens is 420 g/mol. The minimum Gasteiger partial charge on any atom is -0.497 e. The Morgan fingerprint density at radius 2 is 1.87 bits per heavy atom. The van der Waals surface area contributed by atoms with Gasteiger partial charge >= 0.3 is 5.97 Å². The normalized spacial score (nSPS) is 11.2. The zero-order valence-electron chi connectivity index (χ0n) is 17.0. The van der Waals surface area contributed by atoms with Gasteiger partial charge in [0.2, 0.25) is 9.84 Å². The van der Waals surface area contributed by atoms with Crippen LogP contribution in [0, 0.1) is 0 Å². The van der Waals surface area contributed by atoms with Gasteiger partial charge in [-0.2, -0.15) is 0 Å². The molecule has 0 radical (unpaired) electrons. The maximum absolute atomic E-state index is 13.5. The lowest BCUT2D eigenvalue weighted by molar-refractivity contribution is 0.0596. The molecule has 0 saturated heterocycles. The number of aromatic nitrogens is 1. The number of carbonyl (C=O) groups excluding carboxylic acids is 1. The summed E-state index contributed by atoms with van der Waals surface area (Å²) in [7, 11) is -1.60. The number of benzene rings is 2. The third-order valence-corrected chi connectivity index (χ3v) is 6.72. The Balaban J connectivity index is 2.25. The van der Waals surface area contributed by atoms with E-state index in [2.05, 4.69) is 4.98 Å². The molecule has 31 heavy (non-hydrogen) atoms. The monoisotopic (exact) mass is 442 g/mol. The highest BCUT2D eigenvalue weighted by Crippen LogP contribution is 2.35. The Bertz CT molecular complexity index is 1190. The molecule has 3 N–H and O–H groups in total. The summed E-state index contributed by atoms with van der Waals surface area (Å²) >= 11 is 0. The van der Waals surface area contributed by atoms with E-state index in [0.717, 1.165) is 12.7 Å². The van der Waals surface area contributed by atoms with Crippen LogP contribution in [-0.4, -0.2) is 38.7 Å². The van der Waals surface area contributed by atoms with Crippen LogP contribution in [0.5, 0.6) is 5.75 Å². The maximum atomic E-state index is 13.5. The molecule has 0 spiro atoms. The number of sulfone groups is 1. The average molecular weight is 442 g/mol. The number of hydrogen-bond donors (Lipinski definition) is 2. The van der Waals surface area contributed by atoms with E-state index in [1.165, 1.54) is 37.4 Å². The molecule has 0 amide bonds. The van der Waals surface area contributed by atoms with E-state index in [1.807, 2.05) is 6.07 Å². The minimum absolute atomic E-state index is 0.0578. The van der Waals surface area contributed by atoms with Crippen molar-refractivity contribution in [3.63, 3.8) is 0 Å².